The van der Waals surface area contributed by atoms with Gasteiger partial charge in [0.25, 0.3) is 0 Å². The van der Waals surface area contributed by atoms with E-state index >= 15 is 0 Å². The fourth-order valence-electron chi connectivity index (χ4n) is 5.61. The molecule has 0 aliphatic heterocycles. The fraction of sp³-hybridized carbons (Fsp3) is 0.706. The van der Waals surface area contributed by atoms with Crippen molar-refractivity contribution in [3.8, 4) is 6.07 Å². The van der Waals surface area contributed by atoms with E-state index in [1.54, 1.807) is 0 Å². The van der Waals surface area contributed by atoms with Crippen LogP contribution >= 0.6 is 0 Å². The molecular formula is C17H21N3. The Bertz CT molecular complexity index is 519. The second-order valence-corrected chi connectivity index (χ2v) is 7.44. The Hall–Kier alpha value is -1.43. The van der Waals surface area contributed by atoms with Crippen molar-refractivity contribution in [2.45, 2.75) is 51.4 Å². The summed E-state index contributed by atoms with van der Waals surface area (Å²) in [5.74, 6) is 2.56. The predicted molar refractivity (Wildman–Crippen MR) is 75.7 cm³/mol. The van der Waals surface area contributed by atoms with Crippen LogP contribution < -0.4 is 0 Å². The maximum atomic E-state index is 9.79. The van der Waals surface area contributed by atoms with Gasteiger partial charge in [0.1, 0.15) is 0 Å². The van der Waals surface area contributed by atoms with Crippen molar-refractivity contribution in [1.82, 2.24) is 10.2 Å². The van der Waals surface area contributed by atoms with E-state index in [9.17, 15) is 5.26 Å². The lowest BCUT2D eigenvalue weighted by Gasteiger charge is -2.58. The maximum absolute atomic E-state index is 9.79. The molecule has 4 aliphatic rings. The molecule has 1 atom stereocenters. The van der Waals surface area contributed by atoms with Gasteiger partial charge in [-0.2, -0.15) is 15.5 Å². The largest absolute Gasteiger partial charge is 0.198 e. The van der Waals surface area contributed by atoms with Gasteiger partial charge in [-0.1, -0.05) is 0 Å². The summed E-state index contributed by atoms with van der Waals surface area (Å²) in [6.07, 6.45) is 7.97. The highest BCUT2D eigenvalue weighted by molar-refractivity contribution is 5.24. The van der Waals surface area contributed by atoms with Crippen molar-refractivity contribution >= 4 is 0 Å². The third kappa shape index (κ3) is 1.78. The van der Waals surface area contributed by atoms with Crippen molar-refractivity contribution in [3.63, 3.8) is 0 Å². The summed E-state index contributed by atoms with van der Waals surface area (Å²) in [6.45, 7) is 1.95. The Morgan fingerprint density at radius 2 is 1.70 bits per heavy atom. The molecule has 4 bridgehead atoms. The van der Waals surface area contributed by atoms with Crippen molar-refractivity contribution < 1.29 is 0 Å². The zero-order chi connectivity index (χ0) is 13.7. The van der Waals surface area contributed by atoms with E-state index in [4.69, 9.17) is 0 Å². The van der Waals surface area contributed by atoms with E-state index in [0.717, 1.165) is 29.1 Å². The molecule has 0 amide bonds. The highest BCUT2D eigenvalue weighted by Gasteiger charge is 2.55. The molecule has 104 valence electrons. The van der Waals surface area contributed by atoms with E-state index in [2.05, 4.69) is 16.3 Å². The molecule has 0 radical (unpaired) electrons. The summed E-state index contributed by atoms with van der Waals surface area (Å²) < 4.78 is 0. The van der Waals surface area contributed by atoms with Crippen LogP contribution in [-0.2, 0) is 0 Å². The maximum Gasteiger partial charge on any atom is 0.0959 e. The van der Waals surface area contributed by atoms with Gasteiger partial charge < -0.3 is 0 Å². The van der Waals surface area contributed by atoms with E-state index in [1.165, 1.54) is 38.5 Å². The summed E-state index contributed by atoms with van der Waals surface area (Å²) in [7, 11) is 0. The zero-order valence-electron chi connectivity index (χ0n) is 12.0. The van der Waals surface area contributed by atoms with E-state index in [-0.39, 0.29) is 11.3 Å². The molecule has 1 aromatic rings. The Balaban J connectivity index is 1.71. The van der Waals surface area contributed by atoms with Crippen molar-refractivity contribution in [3.05, 3.63) is 23.5 Å². The minimum absolute atomic E-state index is 0.0519. The van der Waals surface area contributed by atoms with Crippen LogP contribution in [0.15, 0.2) is 12.1 Å². The van der Waals surface area contributed by atoms with Gasteiger partial charge in [-0.3, -0.25) is 0 Å². The Kier molecular flexibility index (Phi) is 2.64. The number of aromatic nitrogens is 2. The van der Waals surface area contributed by atoms with Gasteiger partial charge in [0, 0.05) is 0 Å². The first-order chi connectivity index (χ1) is 9.68. The van der Waals surface area contributed by atoms with Gasteiger partial charge in [0.2, 0.25) is 0 Å². The number of nitrogens with zero attached hydrogens (tertiary/aromatic N) is 3. The molecule has 1 aromatic heterocycles. The van der Waals surface area contributed by atoms with Crippen LogP contribution in [0.25, 0.3) is 0 Å². The molecular weight excluding hydrogens is 246 g/mol. The molecule has 4 fully saturated rings. The molecule has 1 heterocycles. The average Bonchev–Trinajstić information content (AvgIpc) is 2.40. The summed E-state index contributed by atoms with van der Waals surface area (Å²) in [5.41, 5.74) is 2.03. The van der Waals surface area contributed by atoms with Crippen LogP contribution in [0.4, 0.5) is 0 Å². The van der Waals surface area contributed by atoms with Gasteiger partial charge in [-0.25, -0.2) is 0 Å². The van der Waals surface area contributed by atoms with Gasteiger partial charge in [-0.05, 0) is 80.8 Å². The quantitative estimate of drug-likeness (QED) is 0.822. The molecule has 0 saturated heterocycles. The summed E-state index contributed by atoms with van der Waals surface area (Å²) in [6, 6.07) is 6.61. The number of aryl methyl sites for hydroxylation is 1. The summed E-state index contributed by atoms with van der Waals surface area (Å²) >= 11 is 0. The minimum Gasteiger partial charge on any atom is -0.198 e. The highest BCUT2D eigenvalue weighted by Crippen LogP contribution is 2.64. The topological polar surface area (TPSA) is 49.6 Å². The second kappa shape index (κ2) is 4.28. The van der Waals surface area contributed by atoms with E-state index in [0.29, 0.717) is 0 Å². The monoisotopic (exact) mass is 267 g/mol. The smallest absolute Gasteiger partial charge is 0.0959 e. The average molecular weight is 267 g/mol. The van der Waals surface area contributed by atoms with Crippen LogP contribution in [0.2, 0.25) is 0 Å². The first-order valence-corrected chi connectivity index (χ1v) is 7.88. The zero-order valence-corrected chi connectivity index (χ0v) is 12.0. The van der Waals surface area contributed by atoms with Gasteiger partial charge in [0.05, 0.1) is 23.4 Å². The molecule has 4 aliphatic carbocycles. The van der Waals surface area contributed by atoms with Crippen LogP contribution in [0.3, 0.4) is 0 Å². The Morgan fingerprint density at radius 1 is 1.10 bits per heavy atom. The van der Waals surface area contributed by atoms with Crippen LogP contribution in [0, 0.1) is 41.4 Å². The summed E-state index contributed by atoms with van der Waals surface area (Å²) in [5, 5.41) is 18.3. The highest BCUT2D eigenvalue weighted by atomic mass is 15.1. The van der Waals surface area contributed by atoms with Crippen molar-refractivity contribution in [2.24, 2.45) is 23.2 Å². The van der Waals surface area contributed by atoms with E-state index < -0.39 is 0 Å². The molecule has 20 heavy (non-hydrogen) atoms. The third-order valence-corrected chi connectivity index (χ3v) is 5.94. The lowest BCUT2D eigenvalue weighted by molar-refractivity contribution is -0.0601. The number of hydrogen-bond donors (Lipinski definition) is 0. The Morgan fingerprint density at radius 3 is 2.15 bits per heavy atom. The van der Waals surface area contributed by atoms with Crippen LogP contribution in [-0.4, -0.2) is 10.2 Å². The number of rotatable bonds is 2. The third-order valence-electron chi connectivity index (χ3n) is 5.94. The second-order valence-electron chi connectivity index (χ2n) is 7.44. The van der Waals surface area contributed by atoms with Crippen LogP contribution in [0.5, 0.6) is 0 Å². The van der Waals surface area contributed by atoms with Crippen molar-refractivity contribution in [2.75, 3.05) is 0 Å². The predicted octanol–water partition coefficient (Wildman–Crippen LogP) is 3.61. The summed E-state index contributed by atoms with van der Waals surface area (Å²) in [4.78, 5) is 0. The molecule has 5 rings (SSSR count). The van der Waals surface area contributed by atoms with Crippen LogP contribution in [0.1, 0.15) is 55.8 Å². The Labute approximate surface area is 120 Å². The van der Waals surface area contributed by atoms with Gasteiger partial charge in [0.15, 0.2) is 0 Å². The lowest BCUT2D eigenvalue weighted by Crippen LogP contribution is -2.48. The fourth-order valence-corrected chi connectivity index (χ4v) is 5.61. The first kappa shape index (κ1) is 12.3. The molecule has 3 heteroatoms. The molecule has 4 saturated carbocycles. The standard InChI is InChI=1S/C17H21N3/c1-11-2-3-16(20-19-11)15(10-18)17-7-12-4-13(8-17)6-14(5-12)9-17/h2-3,12-15H,4-9H2,1H3. The normalized spacial score (nSPS) is 39.5. The van der Waals surface area contributed by atoms with E-state index in [1.807, 2.05) is 19.1 Å². The van der Waals surface area contributed by atoms with Crippen molar-refractivity contribution in [1.29, 1.82) is 5.26 Å². The molecule has 3 nitrogen and oxygen atoms in total. The molecule has 0 aromatic carbocycles. The number of nitriles is 1. The number of hydrogen-bond acceptors (Lipinski definition) is 3. The minimum atomic E-state index is -0.0519. The lowest BCUT2D eigenvalue weighted by atomic mass is 9.46. The SMILES string of the molecule is Cc1ccc(C(C#N)C23CC4CC(CC(C4)C2)C3)nn1. The first-order valence-electron chi connectivity index (χ1n) is 7.88. The van der Waals surface area contributed by atoms with Gasteiger partial charge in [-0.15, -0.1) is 0 Å². The van der Waals surface area contributed by atoms with Gasteiger partial charge >= 0.3 is 0 Å². The molecule has 0 N–H and O–H groups in total. The molecule has 0 spiro atoms. The molecule has 1 unspecified atom stereocenters.